The molecule has 0 aliphatic carbocycles. The monoisotopic (exact) mass is 408 g/mol. The summed E-state index contributed by atoms with van der Waals surface area (Å²) in [6.45, 7) is 1.86. The van der Waals surface area contributed by atoms with Crippen molar-refractivity contribution >= 4 is 38.9 Å². The molecule has 0 saturated carbocycles. The Labute approximate surface area is 159 Å². The lowest BCUT2D eigenvalue weighted by Gasteiger charge is -2.11. The fourth-order valence-electron chi connectivity index (χ4n) is 2.35. The maximum Gasteiger partial charge on any atom is 0.284 e. The number of thioether (sulfide) groups is 1. The third-order valence-electron chi connectivity index (χ3n) is 3.71. The predicted molar refractivity (Wildman–Crippen MR) is 100 cm³/mol. The van der Waals surface area contributed by atoms with Crippen LogP contribution in [0.1, 0.15) is 12.5 Å². The van der Waals surface area contributed by atoms with E-state index in [0.717, 1.165) is 36.0 Å². The second kappa shape index (κ2) is 7.61. The number of nitrogens with zero attached hydrogens (tertiary/aromatic N) is 2. The molecule has 0 aromatic heterocycles. The number of carbonyl (C=O) groups excluding carboxylic acids is 1. The number of rotatable bonds is 4. The number of sulfonamides is 1. The van der Waals surface area contributed by atoms with Crippen LogP contribution in [0.25, 0.3) is 6.08 Å². The van der Waals surface area contributed by atoms with Gasteiger partial charge < -0.3 is 0 Å². The van der Waals surface area contributed by atoms with Gasteiger partial charge in [0.15, 0.2) is 5.17 Å². The van der Waals surface area contributed by atoms with Crippen LogP contribution in [0.2, 0.25) is 0 Å². The third kappa shape index (κ3) is 4.09. The van der Waals surface area contributed by atoms with Gasteiger partial charge in [-0.05, 0) is 55.1 Å². The molecule has 0 bridgehead atoms. The van der Waals surface area contributed by atoms with Crippen LogP contribution in [0.3, 0.4) is 0 Å². The second-order valence-corrected chi connectivity index (χ2v) is 8.10. The van der Waals surface area contributed by atoms with E-state index in [1.807, 2.05) is 0 Å². The minimum atomic E-state index is -4.13. The number of hydrogen-bond acceptors (Lipinski definition) is 4. The predicted octanol–water partition coefficient (Wildman–Crippen LogP) is 3.65. The third-order valence-corrected chi connectivity index (χ3v) is 6.11. The number of hydrogen-bond donors (Lipinski definition) is 0. The molecule has 1 aliphatic heterocycles. The molecule has 2 aromatic rings. The number of amidine groups is 1. The highest BCUT2D eigenvalue weighted by atomic mass is 32.2. The summed E-state index contributed by atoms with van der Waals surface area (Å²) in [6, 6.07) is 10.2. The quantitative estimate of drug-likeness (QED) is 0.725. The van der Waals surface area contributed by atoms with E-state index in [9.17, 15) is 22.0 Å². The summed E-state index contributed by atoms with van der Waals surface area (Å²) in [5, 5.41) is -0.0329. The van der Waals surface area contributed by atoms with Gasteiger partial charge in [-0.3, -0.25) is 9.69 Å². The second-order valence-electron chi connectivity index (χ2n) is 5.48. The molecule has 5 nitrogen and oxygen atoms in total. The number of halogens is 2. The van der Waals surface area contributed by atoms with Gasteiger partial charge in [-0.25, -0.2) is 8.78 Å². The summed E-state index contributed by atoms with van der Waals surface area (Å²) in [7, 11) is -4.13. The van der Waals surface area contributed by atoms with Crippen LogP contribution in [0.15, 0.2) is 62.7 Å². The lowest BCUT2D eigenvalue weighted by atomic mass is 10.2. The molecule has 27 heavy (non-hydrogen) atoms. The molecule has 140 valence electrons. The molecular weight excluding hydrogens is 394 g/mol. The van der Waals surface area contributed by atoms with Crippen molar-refractivity contribution in [3.63, 3.8) is 0 Å². The zero-order chi connectivity index (χ0) is 19.6. The highest BCUT2D eigenvalue weighted by Crippen LogP contribution is 2.33. The first-order valence-electron chi connectivity index (χ1n) is 7.88. The Morgan fingerprint density at radius 1 is 1.11 bits per heavy atom. The van der Waals surface area contributed by atoms with E-state index >= 15 is 0 Å². The summed E-state index contributed by atoms with van der Waals surface area (Å²) in [5.74, 6) is -1.53. The van der Waals surface area contributed by atoms with E-state index in [1.54, 1.807) is 13.0 Å². The number of likely N-dealkylation sites (N-methyl/N-ethyl adjacent to an activating group) is 1. The van der Waals surface area contributed by atoms with Crippen LogP contribution in [0.5, 0.6) is 0 Å². The SMILES string of the molecule is CCN1C(=O)/C(=C/c2ccccc2F)SC1=NS(=O)(=O)c1ccc(F)cc1. The molecule has 3 rings (SSSR count). The molecule has 9 heteroatoms. The summed E-state index contributed by atoms with van der Waals surface area (Å²) >= 11 is 0.847. The molecule has 1 aliphatic rings. The van der Waals surface area contributed by atoms with Crippen LogP contribution in [0.4, 0.5) is 8.78 Å². The molecule has 0 unspecified atom stereocenters. The molecular formula is C18H14F2N2O3S2. The van der Waals surface area contributed by atoms with E-state index in [1.165, 1.54) is 29.2 Å². The van der Waals surface area contributed by atoms with Gasteiger partial charge in [-0.1, -0.05) is 18.2 Å². The van der Waals surface area contributed by atoms with E-state index in [0.29, 0.717) is 0 Å². The highest BCUT2D eigenvalue weighted by molar-refractivity contribution is 8.19. The number of carbonyl (C=O) groups is 1. The van der Waals surface area contributed by atoms with Crippen LogP contribution in [-0.4, -0.2) is 30.9 Å². The zero-order valence-electron chi connectivity index (χ0n) is 14.1. The maximum absolute atomic E-state index is 13.8. The molecule has 1 heterocycles. The van der Waals surface area contributed by atoms with Gasteiger partial charge in [0.25, 0.3) is 15.9 Å². The minimum absolute atomic E-state index is 0.0329. The Hall–Kier alpha value is -2.52. The summed E-state index contributed by atoms with van der Waals surface area (Å²) in [4.78, 5) is 13.7. The molecule has 2 aromatic carbocycles. The van der Waals surface area contributed by atoms with Crippen molar-refractivity contribution in [2.45, 2.75) is 11.8 Å². The van der Waals surface area contributed by atoms with Crippen LogP contribution in [0, 0.1) is 11.6 Å². The Balaban J connectivity index is 1.98. The van der Waals surface area contributed by atoms with Crippen LogP contribution < -0.4 is 0 Å². The average molecular weight is 408 g/mol. The van der Waals surface area contributed by atoms with Crippen molar-refractivity contribution in [3.05, 3.63) is 70.6 Å². The Kier molecular flexibility index (Phi) is 5.43. The van der Waals surface area contributed by atoms with Gasteiger partial charge in [0.05, 0.1) is 9.80 Å². The molecule has 1 fully saturated rings. The Morgan fingerprint density at radius 2 is 1.78 bits per heavy atom. The number of amides is 1. The van der Waals surface area contributed by atoms with E-state index in [2.05, 4.69) is 4.40 Å². The number of benzene rings is 2. The summed E-state index contributed by atoms with van der Waals surface area (Å²) in [6.07, 6.45) is 1.36. The Morgan fingerprint density at radius 3 is 2.41 bits per heavy atom. The Bertz CT molecular complexity index is 1050. The largest absolute Gasteiger partial charge is 0.286 e. The van der Waals surface area contributed by atoms with Crippen molar-refractivity contribution in [1.29, 1.82) is 0 Å². The molecule has 0 radical (unpaired) electrons. The smallest absolute Gasteiger partial charge is 0.284 e. The first-order chi connectivity index (χ1) is 12.8. The molecule has 0 spiro atoms. The van der Waals surface area contributed by atoms with Crippen molar-refractivity contribution in [2.24, 2.45) is 4.40 Å². The van der Waals surface area contributed by atoms with Gasteiger partial charge in [0.1, 0.15) is 11.6 Å². The van der Waals surface area contributed by atoms with Crippen LogP contribution >= 0.6 is 11.8 Å². The lowest BCUT2D eigenvalue weighted by molar-refractivity contribution is -0.122. The normalized spacial score (nSPS) is 17.9. The molecule has 1 saturated heterocycles. The molecule has 0 N–H and O–H groups in total. The van der Waals surface area contributed by atoms with Gasteiger partial charge in [-0.15, -0.1) is 4.40 Å². The maximum atomic E-state index is 13.8. The fourth-order valence-corrected chi connectivity index (χ4v) is 4.59. The first kappa shape index (κ1) is 19.2. The average Bonchev–Trinajstić information content (AvgIpc) is 2.91. The molecule has 0 atom stereocenters. The summed E-state index contributed by atoms with van der Waals surface area (Å²) < 4.78 is 55.5. The van der Waals surface area contributed by atoms with Crippen molar-refractivity contribution in [1.82, 2.24) is 4.90 Å². The van der Waals surface area contributed by atoms with Gasteiger partial charge in [0.2, 0.25) is 0 Å². The van der Waals surface area contributed by atoms with Gasteiger partial charge in [-0.2, -0.15) is 8.42 Å². The standard InChI is InChI=1S/C18H14F2N2O3S2/c1-2-22-17(23)16(11-12-5-3-4-6-15(12)20)26-18(22)21-27(24,25)14-9-7-13(19)8-10-14/h3-11H,2H2,1H3/b16-11-,21-18?. The topological polar surface area (TPSA) is 66.8 Å². The van der Waals surface area contributed by atoms with Crippen LogP contribution in [-0.2, 0) is 14.8 Å². The summed E-state index contributed by atoms with van der Waals surface area (Å²) in [5.41, 5.74) is 0.215. The van der Waals surface area contributed by atoms with Crippen molar-refractivity contribution in [2.75, 3.05) is 6.54 Å². The fraction of sp³-hybridized carbons (Fsp3) is 0.111. The van der Waals surface area contributed by atoms with E-state index < -0.39 is 27.6 Å². The minimum Gasteiger partial charge on any atom is -0.286 e. The first-order valence-corrected chi connectivity index (χ1v) is 10.1. The lowest BCUT2D eigenvalue weighted by Crippen LogP contribution is -2.29. The molecule has 1 amide bonds. The van der Waals surface area contributed by atoms with Crippen molar-refractivity contribution < 1.29 is 22.0 Å². The zero-order valence-corrected chi connectivity index (χ0v) is 15.7. The highest BCUT2D eigenvalue weighted by Gasteiger charge is 2.34. The van der Waals surface area contributed by atoms with Gasteiger partial charge >= 0.3 is 0 Å². The van der Waals surface area contributed by atoms with E-state index in [4.69, 9.17) is 0 Å². The van der Waals surface area contributed by atoms with Crippen molar-refractivity contribution in [3.8, 4) is 0 Å². The van der Waals surface area contributed by atoms with E-state index in [-0.39, 0.29) is 27.1 Å². The van der Waals surface area contributed by atoms with Gasteiger partial charge in [0, 0.05) is 12.1 Å².